The van der Waals surface area contributed by atoms with Crippen LogP contribution in [-0.2, 0) is 6.42 Å². The second-order valence-electron chi connectivity index (χ2n) is 4.34. The van der Waals surface area contributed by atoms with Gasteiger partial charge in [-0.3, -0.25) is 4.79 Å². The van der Waals surface area contributed by atoms with Gasteiger partial charge in [0.05, 0.1) is 0 Å². The number of carbonyl (C=O) groups is 1. The van der Waals surface area contributed by atoms with E-state index in [4.69, 9.17) is 5.11 Å². The molecule has 0 aliphatic carbocycles. The summed E-state index contributed by atoms with van der Waals surface area (Å²) in [6.45, 7) is 0.166. The standard InChI is InChI=1S/C15H15BrN2O2/c16-12-6-7-14(17-10-12)15(20)18-13-5-1-3-11(9-13)4-2-8-19/h1,3,5-7,9-10,19H,2,4,8H2,(H,18,20). The normalized spacial score (nSPS) is 10.3. The molecular weight excluding hydrogens is 320 g/mol. The van der Waals surface area contributed by atoms with Crippen LogP contribution in [0.4, 0.5) is 5.69 Å². The maximum atomic E-state index is 12.0. The first-order valence-corrected chi connectivity index (χ1v) is 7.11. The van der Waals surface area contributed by atoms with Gasteiger partial charge >= 0.3 is 0 Å². The molecule has 0 aliphatic rings. The minimum Gasteiger partial charge on any atom is -0.396 e. The second-order valence-corrected chi connectivity index (χ2v) is 5.26. The zero-order chi connectivity index (χ0) is 14.4. The summed E-state index contributed by atoms with van der Waals surface area (Å²) < 4.78 is 0.833. The number of aromatic nitrogens is 1. The molecular formula is C15H15BrN2O2. The van der Waals surface area contributed by atoms with Gasteiger partial charge in [-0.15, -0.1) is 0 Å². The topological polar surface area (TPSA) is 62.2 Å². The molecule has 104 valence electrons. The molecule has 2 aromatic rings. The summed E-state index contributed by atoms with van der Waals surface area (Å²) in [5, 5.41) is 11.6. The lowest BCUT2D eigenvalue weighted by molar-refractivity contribution is 0.102. The summed E-state index contributed by atoms with van der Waals surface area (Å²) >= 11 is 3.28. The van der Waals surface area contributed by atoms with Crippen molar-refractivity contribution in [3.05, 3.63) is 58.3 Å². The maximum Gasteiger partial charge on any atom is 0.274 e. The fourth-order valence-electron chi connectivity index (χ4n) is 1.79. The Labute approximate surface area is 126 Å². The molecule has 0 saturated carbocycles. The van der Waals surface area contributed by atoms with Crippen LogP contribution in [0.15, 0.2) is 47.1 Å². The van der Waals surface area contributed by atoms with E-state index in [-0.39, 0.29) is 12.5 Å². The number of aryl methyl sites for hydroxylation is 1. The molecule has 0 bridgehead atoms. The zero-order valence-corrected chi connectivity index (χ0v) is 12.4. The summed E-state index contributed by atoms with van der Waals surface area (Å²) in [4.78, 5) is 16.1. The van der Waals surface area contributed by atoms with Gasteiger partial charge in [0.1, 0.15) is 5.69 Å². The first-order valence-electron chi connectivity index (χ1n) is 6.32. The molecule has 0 unspecified atom stereocenters. The van der Waals surface area contributed by atoms with E-state index in [9.17, 15) is 4.79 Å². The van der Waals surface area contributed by atoms with Crippen molar-refractivity contribution in [3.8, 4) is 0 Å². The number of hydrogen-bond donors (Lipinski definition) is 2. The Hall–Kier alpha value is -1.72. The second kappa shape index (κ2) is 7.17. The van der Waals surface area contributed by atoms with Gasteiger partial charge < -0.3 is 10.4 Å². The van der Waals surface area contributed by atoms with Crippen molar-refractivity contribution in [1.82, 2.24) is 4.98 Å². The molecule has 0 radical (unpaired) electrons. The number of pyridine rings is 1. The van der Waals surface area contributed by atoms with E-state index >= 15 is 0 Å². The summed E-state index contributed by atoms with van der Waals surface area (Å²) in [6.07, 6.45) is 3.09. The van der Waals surface area contributed by atoms with Crippen LogP contribution in [0, 0.1) is 0 Å². The third kappa shape index (κ3) is 4.15. The first-order chi connectivity index (χ1) is 9.69. The Morgan fingerprint density at radius 1 is 1.30 bits per heavy atom. The molecule has 1 amide bonds. The summed E-state index contributed by atoms with van der Waals surface area (Å²) in [5.74, 6) is -0.239. The number of hydrogen-bond acceptors (Lipinski definition) is 3. The maximum absolute atomic E-state index is 12.0. The van der Waals surface area contributed by atoms with Gasteiger partial charge in [-0.05, 0) is 58.6 Å². The average molecular weight is 335 g/mol. The van der Waals surface area contributed by atoms with Gasteiger partial charge in [-0.1, -0.05) is 12.1 Å². The highest BCUT2D eigenvalue weighted by Gasteiger charge is 2.07. The molecule has 1 aromatic heterocycles. The molecule has 2 rings (SSSR count). The van der Waals surface area contributed by atoms with E-state index in [1.54, 1.807) is 18.3 Å². The molecule has 4 nitrogen and oxygen atoms in total. The number of anilines is 1. The first kappa shape index (κ1) is 14.7. The third-order valence-corrected chi connectivity index (χ3v) is 3.24. The number of aliphatic hydroxyl groups excluding tert-OH is 1. The molecule has 1 heterocycles. The van der Waals surface area contributed by atoms with Gasteiger partial charge in [0, 0.05) is 23.0 Å². The van der Waals surface area contributed by atoms with Crippen molar-refractivity contribution < 1.29 is 9.90 Å². The Morgan fingerprint density at radius 2 is 2.15 bits per heavy atom. The van der Waals surface area contributed by atoms with Crippen LogP contribution in [0.3, 0.4) is 0 Å². The van der Waals surface area contributed by atoms with Gasteiger partial charge in [0.2, 0.25) is 0 Å². The van der Waals surface area contributed by atoms with Crippen molar-refractivity contribution in [1.29, 1.82) is 0 Å². The quantitative estimate of drug-likeness (QED) is 0.883. The fourth-order valence-corrected chi connectivity index (χ4v) is 2.03. The summed E-state index contributed by atoms with van der Waals surface area (Å²) in [6, 6.07) is 11.0. The average Bonchev–Trinajstić information content (AvgIpc) is 2.46. The highest BCUT2D eigenvalue weighted by molar-refractivity contribution is 9.10. The predicted octanol–water partition coefficient (Wildman–Crippen LogP) is 3.02. The smallest absolute Gasteiger partial charge is 0.274 e. The number of halogens is 1. The van der Waals surface area contributed by atoms with Crippen molar-refractivity contribution in [2.45, 2.75) is 12.8 Å². The molecule has 0 aliphatic heterocycles. The minimum absolute atomic E-state index is 0.166. The molecule has 5 heteroatoms. The van der Waals surface area contributed by atoms with E-state index in [0.717, 1.165) is 22.1 Å². The van der Waals surface area contributed by atoms with E-state index in [1.165, 1.54) is 0 Å². The number of benzene rings is 1. The lowest BCUT2D eigenvalue weighted by atomic mass is 10.1. The van der Waals surface area contributed by atoms with Gasteiger partial charge in [-0.2, -0.15) is 0 Å². The van der Waals surface area contributed by atoms with Crippen LogP contribution in [0.2, 0.25) is 0 Å². The SMILES string of the molecule is O=C(Nc1cccc(CCCO)c1)c1ccc(Br)cn1. The van der Waals surface area contributed by atoms with E-state index < -0.39 is 0 Å². The highest BCUT2D eigenvalue weighted by Crippen LogP contribution is 2.14. The van der Waals surface area contributed by atoms with E-state index in [0.29, 0.717) is 12.1 Å². The summed E-state index contributed by atoms with van der Waals surface area (Å²) in [7, 11) is 0. The van der Waals surface area contributed by atoms with Crippen LogP contribution in [0.5, 0.6) is 0 Å². The van der Waals surface area contributed by atoms with E-state index in [1.807, 2.05) is 24.3 Å². The molecule has 0 spiro atoms. The molecule has 1 aromatic carbocycles. The van der Waals surface area contributed by atoms with Crippen molar-refractivity contribution >= 4 is 27.5 Å². The molecule has 2 N–H and O–H groups in total. The molecule has 0 saturated heterocycles. The zero-order valence-electron chi connectivity index (χ0n) is 10.8. The monoisotopic (exact) mass is 334 g/mol. The highest BCUT2D eigenvalue weighted by atomic mass is 79.9. The Balaban J connectivity index is 2.05. The van der Waals surface area contributed by atoms with Crippen LogP contribution in [0.1, 0.15) is 22.5 Å². The lowest BCUT2D eigenvalue weighted by Crippen LogP contribution is -2.13. The third-order valence-electron chi connectivity index (χ3n) is 2.77. The van der Waals surface area contributed by atoms with Crippen molar-refractivity contribution in [3.63, 3.8) is 0 Å². The number of nitrogens with one attached hydrogen (secondary N) is 1. The van der Waals surface area contributed by atoms with Crippen LogP contribution in [-0.4, -0.2) is 22.6 Å². The van der Waals surface area contributed by atoms with Gasteiger partial charge in [-0.25, -0.2) is 4.98 Å². The Bertz CT molecular complexity index is 585. The van der Waals surface area contributed by atoms with Crippen molar-refractivity contribution in [2.24, 2.45) is 0 Å². The fraction of sp³-hybridized carbons (Fsp3) is 0.200. The lowest BCUT2D eigenvalue weighted by Gasteiger charge is -2.07. The minimum atomic E-state index is -0.239. The molecule has 20 heavy (non-hydrogen) atoms. The molecule has 0 atom stereocenters. The van der Waals surface area contributed by atoms with Crippen molar-refractivity contribution in [2.75, 3.05) is 11.9 Å². The summed E-state index contributed by atoms with van der Waals surface area (Å²) in [5.41, 5.74) is 2.18. The number of amides is 1. The van der Waals surface area contributed by atoms with Crippen LogP contribution >= 0.6 is 15.9 Å². The molecule has 0 fully saturated rings. The number of rotatable bonds is 5. The van der Waals surface area contributed by atoms with Gasteiger partial charge in [0.15, 0.2) is 0 Å². The predicted molar refractivity (Wildman–Crippen MR) is 81.7 cm³/mol. The largest absolute Gasteiger partial charge is 0.396 e. The van der Waals surface area contributed by atoms with Crippen LogP contribution < -0.4 is 5.32 Å². The van der Waals surface area contributed by atoms with Crippen LogP contribution in [0.25, 0.3) is 0 Å². The number of aliphatic hydroxyl groups is 1. The number of nitrogens with zero attached hydrogens (tertiary/aromatic N) is 1. The number of carbonyl (C=O) groups excluding carboxylic acids is 1. The Kier molecular flexibility index (Phi) is 5.26. The Morgan fingerprint density at radius 3 is 2.85 bits per heavy atom. The van der Waals surface area contributed by atoms with Gasteiger partial charge in [0.25, 0.3) is 5.91 Å². The van der Waals surface area contributed by atoms with E-state index in [2.05, 4.69) is 26.2 Å².